The number of rotatable bonds is 4. The van der Waals surface area contributed by atoms with Crippen LogP contribution in [0.15, 0.2) is 47.3 Å². The predicted octanol–water partition coefficient (Wildman–Crippen LogP) is 3.15. The van der Waals surface area contributed by atoms with Crippen LogP contribution in [0, 0.1) is 0 Å². The molecule has 3 heterocycles. The van der Waals surface area contributed by atoms with Crippen molar-refractivity contribution in [2.45, 2.75) is 31.7 Å². The summed E-state index contributed by atoms with van der Waals surface area (Å²) in [5, 5.41) is 28.8. The minimum atomic E-state index is -1.20. The van der Waals surface area contributed by atoms with E-state index in [1.165, 1.54) is 0 Å². The van der Waals surface area contributed by atoms with E-state index in [-0.39, 0.29) is 5.43 Å². The number of hydrogen-bond acceptors (Lipinski definition) is 7. The Hall–Kier alpha value is -3.17. The molecule has 0 unspecified atom stereocenters. The van der Waals surface area contributed by atoms with E-state index in [1.807, 2.05) is 54.1 Å². The van der Waals surface area contributed by atoms with Crippen LogP contribution < -0.4 is 15.5 Å². The number of aliphatic hydroxyl groups excluding tert-OH is 2. The molecule has 0 saturated carbocycles. The molecule has 4 aromatic rings. The zero-order chi connectivity index (χ0) is 25.9. The van der Waals surface area contributed by atoms with Crippen LogP contribution in [0.4, 0.5) is 5.69 Å². The van der Waals surface area contributed by atoms with Gasteiger partial charge in [0.05, 0.1) is 35.3 Å². The number of fused-ring (bicyclic) bond motifs is 5. The molecule has 0 radical (unpaired) electrons. The van der Waals surface area contributed by atoms with Crippen LogP contribution in [0.5, 0.6) is 5.75 Å². The van der Waals surface area contributed by atoms with Crippen LogP contribution in [0.25, 0.3) is 32.6 Å². The zero-order valence-electron chi connectivity index (χ0n) is 21.5. The Morgan fingerprint density at radius 1 is 1.08 bits per heavy atom. The summed E-state index contributed by atoms with van der Waals surface area (Å²) >= 11 is 0. The Morgan fingerprint density at radius 3 is 2.51 bits per heavy atom. The summed E-state index contributed by atoms with van der Waals surface area (Å²) in [5.74, 6) is 0.472. The normalized spacial score (nSPS) is 21.8. The van der Waals surface area contributed by atoms with Gasteiger partial charge < -0.3 is 29.6 Å². The summed E-state index contributed by atoms with van der Waals surface area (Å²) in [6.45, 7) is 8.18. The zero-order valence-corrected chi connectivity index (χ0v) is 21.5. The number of nitrogens with zero attached hydrogens (tertiary/aromatic N) is 2. The van der Waals surface area contributed by atoms with Crippen LogP contribution in [-0.2, 0) is 11.8 Å². The van der Waals surface area contributed by atoms with Crippen molar-refractivity contribution in [2.75, 3.05) is 44.7 Å². The molecule has 6 rings (SSSR count). The Bertz CT molecular complexity index is 1570. The van der Waals surface area contributed by atoms with Crippen molar-refractivity contribution < 1.29 is 19.7 Å². The number of hydrogen-bond donors (Lipinski definition) is 3. The molecule has 3 aromatic carbocycles. The van der Waals surface area contributed by atoms with Crippen LogP contribution in [-0.4, -0.2) is 70.8 Å². The quantitative estimate of drug-likeness (QED) is 0.368. The topological polar surface area (TPSA) is 96.2 Å². The molecule has 2 aliphatic rings. The highest BCUT2D eigenvalue weighted by atomic mass is 16.5. The molecular weight excluding hydrogens is 470 g/mol. The van der Waals surface area contributed by atoms with Gasteiger partial charge in [0.15, 0.2) is 5.43 Å². The Morgan fingerprint density at radius 2 is 1.78 bits per heavy atom. The molecule has 0 aliphatic carbocycles. The molecule has 2 aliphatic heterocycles. The summed E-state index contributed by atoms with van der Waals surface area (Å²) in [5.41, 5.74) is 1.33. The molecule has 0 spiro atoms. The molecule has 1 fully saturated rings. The lowest BCUT2D eigenvalue weighted by atomic mass is 9.86. The monoisotopic (exact) mass is 503 g/mol. The number of aryl methyl sites for hydroxylation is 1. The fourth-order valence-corrected chi connectivity index (χ4v) is 5.75. The van der Waals surface area contributed by atoms with E-state index in [4.69, 9.17) is 9.47 Å². The van der Waals surface area contributed by atoms with Crippen LogP contribution in [0.2, 0.25) is 0 Å². The summed E-state index contributed by atoms with van der Waals surface area (Å²) in [6, 6.07) is 13.7. The number of aliphatic hydroxyl groups is 2. The van der Waals surface area contributed by atoms with E-state index < -0.39 is 17.8 Å². The van der Waals surface area contributed by atoms with Gasteiger partial charge in [-0.15, -0.1) is 0 Å². The smallest absolute Gasteiger partial charge is 0.199 e. The van der Waals surface area contributed by atoms with Gasteiger partial charge in [0.25, 0.3) is 0 Å². The van der Waals surface area contributed by atoms with Gasteiger partial charge in [0.1, 0.15) is 23.6 Å². The first kappa shape index (κ1) is 24.2. The van der Waals surface area contributed by atoms with Crippen molar-refractivity contribution in [3.8, 4) is 5.75 Å². The highest BCUT2D eigenvalue weighted by Gasteiger charge is 2.44. The molecule has 0 bridgehead atoms. The first-order valence-electron chi connectivity index (χ1n) is 12.9. The van der Waals surface area contributed by atoms with Gasteiger partial charge in [0.2, 0.25) is 0 Å². The molecule has 2 atom stereocenters. The molecule has 3 N–H and O–H groups in total. The molecule has 37 heavy (non-hydrogen) atoms. The molecule has 8 heteroatoms. The lowest BCUT2D eigenvalue weighted by molar-refractivity contribution is -0.111. The second-order valence-corrected chi connectivity index (χ2v) is 10.6. The highest BCUT2D eigenvalue weighted by Crippen LogP contribution is 2.46. The molecular formula is C29H33N3O5. The fourth-order valence-electron chi connectivity index (χ4n) is 5.75. The molecule has 8 nitrogen and oxygen atoms in total. The summed E-state index contributed by atoms with van der Waals surface area (Å²) < 4.78 is 13.6. The van der Waals surface area contributed by atoms with Gasteiger partial charge in [-0.25, -0.2) is 0 Å². The van der Waals surface area contributed by atoms with Crippen molar-refractivity contribution in [1.82, 2.24) is 9.47 Å². The Kier molecular flexibility index (Phi) is 5.88. The molecule has 0 amide bonds. The standard InChI is InChI=1S/C29H33N3O5/c1-29(2)28(35)27(34)24-22(37-29)16-20(30-8-9-32-10-12-36-13-11-32)23-25(24)31(3)21-15-18-7-5-4-6-17(18)14-19(21)26(23)33/h4-7,14-16,27-28,30,34-35H,8-13H2,1-3H3/t27-,28-/m0/s1. The SMILES string of the molecule is Cn1c2cc3ccccc3cc2c(=O)c2c(NCCN3CCOCC3)cc3c(c21)[C@H](O)[C@H](O)C(C)(C)O3. The van der Waals surface area contributed by atoms with E-state index in [0.717, 1.165) is 49.1 Å². The van der Waals surface area contributed by atoms with Crippen LogP contribution >= 0.6 is 0 Å². The van der Waals surface area contributed by atoms with Gasteiger partial charge in [-0.3, -0.25) is 9.69 Å². The molecule has 194 valence electrons. The van der Waals surface area contributed by atoms with E-state index >= 15 is 0 Å². The first-order chi connectivity index (χ1) is 17.8. The van der Waals surface area contributed by atoms with Crippen molar-refractivity contribution in [1.29, 1.82) is 0 Å². The van der Waals surface area contributed by atoms with Crippen molar-refractivity contribution in [2.24, 2.45) is 7.05 Å². The van der Waals surface area contributed by atoms with Gasteiger partial charge in [-0.2, -0.15) is 0 Å². The largest absolute Gasteiger partial charge is 0.484 e. The number of anilines is 1. The summed E-state index contributed by atoms with van der Waals surface area (Å²) in [7, 11) is 1.90. The second kappa shape index (κ2) is 8.99. The Labute approximate surface area is 215 Å². The lowest BCUT2D eigenvalue weighted by Gasteiger charge is -2.41. The predicted molar refractivity (Wildman–Crippen MR) is 146 cm³/mol. The van der Waals surface area contributed by atoms with Crippen molar-refractivity contribution in [3.63, 3.8) is 0 Å². The van der Waals surface area contributed by atoms with E-state index in [9.17, 15) is 15.0 Å². The van der Waals surface area contributed by atoms with Gasteiger partial charge >= 0.3 is 0 Å². The van der Waals surface area contributed by atoms with Gasteiger partial charge in [0, 0.05) is 50.2 Å². The first-order valence-corrected chi connectivity index (χ1v) is 12.9. The van der Waals surface area contributed by atoms with E-state index in [1.54, 1.807) is 13.8 Å². The third-order valence-electron chi connectivity index (χ3n) is 7.86. The molecule has 1 saturated heterocycles. The summed E-state index contributed by atoms with van der Waals surface area (Å²) in [6.07, 6.45) is -2.35. The number of benzene rings is 3. The highest BCUT2D eigenvalue weighted by molar-refractivity contribution is 6.06. The summed E-state index contributed by atoms with van der Waals surface area (Å²) in [4.78, 5) is 16.4. The van der Waals surface area contributed by atoms with Gasteiger partial charge in [-0.1, -0.05) is 24.3 Å². The number of morpholine rings is 1. The maximum absolute atomic E-state index is 14.1. The fraction of sp³-hybridized carbons (Fsp3) is 0.414. The maximum Gasteiger partial charge on any atom is 0.199 e. The lowest BCUT2D eigenvalue weighted by Crippen LogP contribution is -2.49. The van der Waals surface area contributed by atoms with Crippen LogP contribution in [0.1, 0.15) is 25.5 Å². The van der Waals surface area contributed by atoms with Crippen molar-refractivity contribution >= 4 is 38.3 Å². The van der Waals surface area contributed by atoms with Gasteiger partial charge in [-0.05, 0) is 36.8 Å². The number of pyridine rings is 1. The number of nitrogens with one attached hydrogen (secondary N) is 1. The van der Waals surface area contributed by atoms with E-state index in [0.29, 0.717) is 39.8 Å². The average Bonchev–Trinajstić information content (AvgIpc) is 2.89. The number of ether oxygens (including phenoxy) is 2. The number of aromatic nitrogens is 1. The minimum absolute atomic E-state index is 0.114. The Balaban J connectivity index is 1.58. The maximum atomic E-state index is 14.1. The van der Waals surface area contributed by atoms with E-state index in [2.05, 4.69) is 10.2 Å². The van der Waals surface area contributed by atoms with Crippen molar-refractivity contribution in [3.05, 3.63) is 58.3 Å². The second-order valence-electron chi connectivity index (χ2n) is 10.6. The molecule has 1 aromatic heterocycles. The third kappa shape index (κ3) is 3.95. The minimum Gasteiger partial charge on any atom is -0.484 e. The third-order valence-corrected chi connectivity index (χ3v) is 7.86. The van der Waals surface area contributed by atoms with Crippen LogP contribution in [0.3, 0.4) is 0 Å². The average molecular weight is 504 g/mol.